The molecule has 1 saturated carbocycles. The van der Waals surface area contributed by atoms with E-state index in [1.165, 1.54) is 12.0 Å². The molecule has 3 rings (SSSR count). The minimum absolute atomic E-state index is 0.0833. The van der Waals surface area contributed by atoms with E-state index >= 15 is 0 Å². The molecule has 1 aliphatic carbocycles. The molecule has 0 radical (unpaired) electrons. The Balaban J connectivity index is 1.55. The number of unbranched alkanes of at least 4 members (excludes halogenated alkanes) is 2. The Hall–Kier alpha value is -2.33. The molecular formula is C29H40O4. The fourth-order valence-electron chi connectivity index (χ4n) is 4.83. The smallest absolute Gasteiger partial charge is 0.161 e. The maximum atomic E-state index is 12.3. The molecule has 4 nitrogen and oxygen atoms in total. The molecule has 1 aliphatic rings. The van der Waals surface area contributed by atoms with Crippen molar-refractivity contribution < 1.29 is 19.7 Å². The topological polar surface area (TPSA) is 66.8 Å². The molecule has 1 fully saturated rings. The van der Waals surface area contributed by atoms with E-state index in [-0.39, 0.29) is 24.1 Å². The van der Waals surface area contributed by atoms with Gasteiger partial charge < -0.3 is 14.9 Å². The van der Waals surface area contributed by atoms with Gasteiger partial charge in [-0.25, -0.2) is 0 Å². The second-order valence-electron chi connectivity index (χ2n) is 9.59. The summed E-state index contributed by atoms with van der Waals surface area (Å²) in [5, 5.41) is 20.5. The number of phenolic OH excluding ortho intramolecular Hbond substituents is 1. The van der Waals surface area contributed by atoms with E-state index in [9.17, 15) is 15.0 Å². The number of aliphatic hydroxyl groups excluding tert-OH is 1. The number of aliphatic hydroxyl groups is 1. The van der Waals surface area contributed by atoms with Gasteiger partial charge in [0.1, 0.15) is 11.9 Å². The second kappa shape index (κ2) is 13.4. The number of benzene rings is 2. The molecule has 2 aromatic rings. The summed E-state index contributed by atoms with van der Waals surface area (Å²) in [5.74, 6) is 1.19. The predicted molar refractivity (Wildman–Crippen MR) is 133 cm³/mol. The van der Waals surface area contributed by atoms with Crippen molar-refractivity contribution >= 4 is 5.78 Å². The molecule has 0 amide bonds. The number of aromatic hydroxyl groups is 1. The molecule has 0 spiro atoms. The fraction of sp³-hybridized carbons (Fsp3) is 0.552. The van der Waals surface area contributed by atoms with Crippen LogP contribution in [0.1, 0.15) is 82.3 Å². The molecule has 0 heterocycles. The van der Waals surface area contributed by atoms with Crippen molar-refractivity contribution in [2.45, 2.75) is 96.2 Å². The number of carbonyl (C=O) groups is 1. The summed E-state index contributed by atoms with van der Waals surface area (Å²) < 4.78 is 6.36. The minimum Gasteiger partial charge on any atom is -0.504 e. The molecular weight excluding hydrogens is 412 g/mol. The first-order valence-corrected chi connectivity index (χ1v) is 12.8. The highest BCUT2D eigenvalue weighted by atomic mass is 16.5. The van der Waals surface area contributed by atoms with Crippen molar-refractivity contribution in [3.63, 3.8) is 0 Å². The Morgan fingerprint density at radius 2 is 1.85 bits per heavy atom. The van der Waals surface area contributed by atoms with Crippen LogP contribution in [0.3, 0.4) is 0 Å². The quantitative estimate of drug-likeness (QED) is 0.345. The number of aryl methyl sites for hydroxylation is 1. The zero-order valence-electron chi connectivity index (χ0n) is 20.0. The van der Waals surface area contributed by atoms with Crippen LogP contribution in [-0.2, 0) is 17.6 Å². The number of hydrogen-bond acceptors (Lipinski definition) is 4. The standard InChI is InChI=1S/C29H40O4/c1-2-3-5-13-25(30)21-26(31)17-15-23-16-18-27(32)29(20-23)33-28-14-9-8-12-24(28)19-22-10-6-4-7-11-22/h4,6-7,10-11,16,18,20,24-25,28,30,32H,2-3,5,8-9,12-15,17,19,21H2,1H3/t24-,25-,28-/m1/s1. The summed E-state index contributed by atoms with van der Waals surface area (Å²) in [6.45, 7) is 2.13. The van der Waals surface area contributed by atoms with Crippen molar-refractivity contribution in [3.05, 3.63) is 59.7 Å². The van der Waals surface area contributed by atoms with Gasteiger partial charge in [-0.2, -0.15) is 0 Å². The fourth-order valence-corrected chi connectivity index (χ4v) is 4.83. The molecule has 33 heavy (non-hydrogen) atoms. The van der Waals surface area contributed by atoms with Crippen molar-refractivity contribution in [2.24, 2.45) is 5.92 Å². The average Bonchev–Trinajstić information content (AvgIpc) is 2.81. The van der Waals surface area contributed by atoms with Crippen LogP contribution >= 0.6 is 0 Å². The lowest BCUT2D eigenvalue weighted by Crippen LogP contribution is -2.31. The van der Waals surface area contributed by atoms with Crippen molar-refractivity contribution in [2.75, 3.05) is 0 Å². The van der Waals surface area contributed by atoms with E-state index in [1.54, 1.807) is 6.07 Å². The first-order valence-electron chi connectivity index (χ1n) is 12.8. The van der Waals surface area contributed by atoms with E-state index in [0.717, 1.165) is 50.5 Å². The van der Waals surface area contributed by atoms with Crippen LogP contribution in [0, 0.1) is 5.92 Å². The Morgan fingerprint density at radius 3 is 2.64 bits per heavy atom. The molecule has 0 saturated heterocycles. The van der Waals surface area contributed by atoms with Gasteiger partial charge in [0, 0.05) is 12.8 Å². The number of phenols is 1. The van der Waals surface area contributed by atoms with Gasteiger partial charge in [0.2, 0.25) is 0 Å². The summed E-state index contributed by atoms with van der Waals surface area (Å²) in [6.07, 6.45) is 10.1. The molecule has 2 N–H and O–H groups in total. The number of Topliss-reactive ketones (excluding diaryl/α,β-unsaturated/α-hetero) is 1. The summed E-state index contributed by atoms with van der Waals surface area (Å²) in [5.41, 5.74) is 2.30. The van der Waals surface area contributed by atoms with Crippen LogP contribution in [0.2, 0.25) is 0 Å². The van der Waals surface area contributed by atoms with E-state index in [0.29, 0.717) is 30.9 Å². The Kier molecular flexibility index (Phi) is 10.3. The van der Waals surface area contributed by atoms with Crippen LogP contribution < -0.4 is 4.74 Å². The molecule has 0 bridgehead atoms. The molecule has 0 unspecified atom stereocenters. The number of carbonyl (C=O) groups excluding carboxylic acids is 1. The average molecular weight is 453 g/mol. The van der Waals surface area contributed by atoms with E-state index < -0.39 is 6.10 Å². The monoisotopic (exact) mass is 452 g/mol. The lowest BCUT2D eigenvalue weighted by Gasteiger charge is -2.32. The largest absolute Gasteiger partial charge is 0.504 e. The van der Waals surface area contributed by atoms with Crippen molar-refractivity contribution in [3.8, 4) is 11.5 Å². The second-order valence-corrected chi connectivity index (χ2v) is 9.59. The number of ether oxygens (including phenoxy) is 1. The zero-order chi connectivity index (χ0) is 23.5. The zero-order valence-corrected chi connectivity index (χ0v) is 20.0. The minimum atomic E-state index is -0.532. The van der Waals surface area contributed by atoms with Crippen molar-refractivity contribution in [1.82, 2.24) is 0 Å². The highest BCUT2D eigenvalue weighted by Gasteiger charge is 2.27. The number of hydrogen-bond donors (Lipinski definition) is 2. The molecule has 0 aliphatic heterocycles. The van der Waals surface area contributed by atoms with Gasteiger partial charge in [-0.3, -0.25) is 4.79 Å². The molecule has 3 atom stereocenters. The lowest BCUT2D eigenvalue weighted by molar-refractivity contribution is -0.121. The lowest BCUT2D eigenvalue weighted by atomic mass is 9.82. The van der Waals surface area contributed by atoms with E-state index in [2.05, 4.69) is 31.2 Å². The maximum absolute atomic E-state index is 12.3. The van der Waals surface area contributed by atoms with Gasteiger partial charge in [0.25, 0.3) is 0 Å². The number of ketones is 1. The SMILES string of the molecule is CCCCC[C@@H](O)CC(=O)CCc1ccc(O)c(O[C@@H]2CCCC[C@@H]2Cc2ccccc2)c1. The van der Waals surface area contributed by atoms with Crippen molar-refractivity contribution in [1.29, 1.82) is 0 Å². The van der Waals surface area contributed by atoms with Gasteiger partial charge >= 0.3 is 0 Å². The van der Waals surface area contributed by atoms with Crippen LogP contribution in [0.25, 0.3) is 0 Å². The maximum Gasteiger partial charge on any atom is 0.161 e. The molecule has 180 valence electrons. The highest BCUT2D eigenvalue weighted by Crippen LogP contribution is 2.35. The van der Waals surface area contributed by atoms with Crippen LogP contribution in [-0.4, -0.2) is 28.2 Å². The van der Waals surface area contributed by atoms with E-state index in [4.69, 9.17) is 4.74 Å². The predicted octanol–water partition coefficient (Wildman–Crippen LogP) is 6.41. The third-order valence-electron chi connectivity index (χ3n) is 6.78. The Labute approximate surface area is 199 Å². The van der Waals surface area contributed by atoms with Gasteiger partial charge in [0.15, 0.2) is 11.5 Å². The molecule has 4 heteroatoms. The van der Waals surface area contributed by atoms with Crippen LogP contribution in [0.15, 0.2) is 48.5 Å². The first-order chi connectivity index (χ1) is 16.0. The van der Waals surface area contributed by atoms with Crippen LogP contribution in [0.5, 0.6) is 11.5 Å². The van der Waals surface area contributed by atoms with Gasteiger partial charge in [-0.05, 0) is 67.7 Å². The Bertz CT molecular complexity index is 848. The summed E-state index contributed by atoms with van der Waals surface area (Å²) in [7, 11) is 0. The van der Waals surface area contributed by atoms with E-state index in [1.807, 2.05) is 18.2 Å². The van der Waals surface area contributed by atoms with Gasteiger partial charge in [-0.15, -0.1) is 0 Å². The van der Waals surface area contributed by atoms with Gasteiger partial charge in [0.05, 0.1) is 6.10 Å². The highest BCUT2D eigenvalue weighted by molar-refractivity contribution is 5.79. The van der Waals surface area contributed by atoms with Gasteiger partial charge in [-0.1, -0.05) is 69.0 Å². The molecule has 0 aromatic heterocycles. The molecule has 2 aromatic carbocycles. The summed E-state index contributed by atoms with van der Waals surface area (Å²) in [6, 6.07) is 15.9. The normalized spacial score (nSPS) is 19.2. The third kappa shape index (κ3) is 8.51. The summed E-state index contributed by atoms with van der Waals surface area (Å²) in [4.78, 5) is 12.3. The van der Waals surface area contributed by atoms with Crippen LogP contribution in [0.4, 0.5) is 0 Å². The summed E-state index contributed by atoms with van der Waals surface area (Å²) >= 11 is 0. The Morgan fingerprint density at radius 1 is 1.06 bits per heavy atom. The first kappa shape index (κ1) is 25.3. The number of rotatable bonds is 13. The third-order valence-corrected chi connectivity index (χ3v) is 6.78.